The van der Waals surface area contributed by atoms with Crippen LogP contribution >= 0.6 is 0 Å². The minimum atomic E-state index is -3.67. The Morgan fingerprint density at radius 1 is 1.43 bits per heavy atom. The van der Waals surface area contributed by atoms with E-state index in [-0.39, 0.29) is 6.42 Å². The van der Waals surface area contributed by atoms with Crippen LogP contribution in [0, 0.1) is 0 Å². The number of aryl methyl sites for hydroxylation is 1. The lowest BCUT2D eigenvalue weighted by Gasteiger charge is -2.24. The van der Waals surface area contributed by atoms with Crippen LogP contribution in [0.5, 0.6) is 0 Å². The molecule has 1 amide bonds. The monoisotopic (exact) mass is 343 g/mol. The summed E-state index contributed by atoms with van der Waals surface area (Å²) < 4.78 is 23.8. The number of aromatic nitrogens is 2. The Hall–Kier alpha value is -1.41. The van der Waals surface area contributed by atoms with Crippen molar-refractivity contribution in [1.29, 1.82) is 0 Å². The zero-order valence-electron chi connectivity index (χ0n) is 13.7. The lowest BCUT2D eigenvalue weighted by Crippen LogP contribution is -2.49. The Balaban J connectivity index is 2.07. The third kappa shape index (κ3) is 3.92. The molecule has 1 unspecified atom stereocenters. The third-order valence-electron chi connectivity index (χ3n) is 4.95. The number of hydrogen-bond donors (Lipinski definition) is 2. The lowest BCUT2D eigenvalue weighted by molar-refractivity contribution is -0.131. The fourth-order valence-electron chi connectivity index (χ4n) is 3.06. The van der Waals surface area contributed by atoms with E-state index in [4.69, 9.17) is 5.21 Å². The fraction of sp³-hybridized carbons (Fsp3) is 0.733. The highest BCUT2D eigenvalue weighted by atomic mass is 32.2. The summed E-state index contributed by atoms with van der Waals surface area (Å²) in [5, 5.41) is 13.1. The van der Waals surface area contributed by atoms with E-state index in [2.05, 4.69) is 5.10 Å². The molecule has 1 aromatic rings. The molecule has 1 aliphatic rings. The van der Waals surface area contributed by atoms with Gasteiger partial charge >= 0.3 is 0 Å². The van der Waals surface area contributed by atoms with Gasteiger partial charge in [0.25, 0.3) is 5.91 Å². The van der Waals surface area contributed by atoms with Gasteiger partial charge in [-0.05, 0) is 37.7 Å². The van der Waals surface area contributed by atoms with E-state index in [1.54, 1.807) is 4.68 Å². The molecular formula is C15H25N3O4S. The van der Waals surface area contributed by atoms with Crippen LogP contribution in [0.1, 0.15) is 56.9 Å². The number of hydroxylamine groups is 1. The molecule has 0 spiro atoms. The van der Waals surface area contributed by atoms with Gasteiger partial charge in [-0.15, -0.1) is 0 Å². The molecule has 1 heterocycles. The maximum Gasteiger partial charge on any atom is 0.264 e. The number of hydrogen-bond acceptors (Lipinski definition) is 5. The topological polar surface area (TPSA) is 101 Å². The fourth-order valence-corrected chi connectivity index (χ4v) is 3.91. The highest BCUT2D eigenvalue weighted by Crippen LogP contribution is 2.32. The second-order valence-electron chi connectivity index (χ2n) is 6.57. The highest BCUT2D eigenvalue weighted by molar-refractivity contribution is 7.92. The minimum absolute atomic E-state index is 0.0456. The van der Waals surface area contributed by atoms with E-state index in [9.17, 15) is 13.2 Å². The Labute approximate surface area is 136 Å². The van der Waals surface area contributed by atoms with E-state index < -0.39 is 20.5 Å². The molecule has 2 rings (SSSR count). The summed E-state index contributed by atoms with van der Waals surface area (Å²) in [7, 11) is -3.67. The van der Waals surface area contributed by atoms with E-state index in [0.29, 0.717) is 12.5 Å². The largest absolute Gasteiger partial charge is 0.289 e. The average molecular weight is 343 g/mol. The molecule has 0 aliphatic heterocycles. The molecule has 8 heteroatoms. The van der Waals surface area contributed by atoms with Gasteiger partial charge in [-0.2, -0.15) is 5.10 Å². The molecule has 0 saturated heterocycles. The number of sulfone groups is 1. The van der Waals surface area contributed by atoms with Gasteiger partial charge < -0.3 is 0 Å². The molecular weight excluding hydrogens is 318 g/mol. The Kier molecular flexibility index (Phi) is 5.46. The molecule has 1 saturated carbocycles. The summed E-state index contributed by atoms with van der Waals surface area (Å²) in [5.74, 6) is -0.390. The van der Waals surface area contributed by atoms with Crippen molar-refractivity contribution in [3.8, 4) is 0 Å². The lowest BCUT2D eigenvalue weighted by atomic mass is 9.86. The van der Waals surface area contributed by atoms with Crippen LogP contribution in [-0.4, -0.2) is 40.3 Å². The number of nitrogens with zero attached hydrogens (tertiary/aromatic N) is 2. The standard InChI is InChI=1S/C15H25N3O4S/c1-15(14(19)17-20,23(2,21)22)8-9-18-11-13(10-16-18)12-6-4-3-5-7-12/h10-12,20H,3-9H2,1-2H3,(H,17,19). The zero-order chi connectivity index (χ0) is 17.1. The molecule has 23 heavy (non-hydrogen) atoms. The van der Waals surface area contributed by atoms with Gasteiger partial charge in [0, 0.05) is 19.0 Å². The van der Waals surface area contributed by atoms with E-state index in [0.717, 1.165) is 6.26 Å². The molecule has 130 valence electrons. The number of rotatable bonds is 6. The van der Waals surface area contributed by atoms with Crippen LogP contribution in [0.3, 0.4) is 0 Å². The number of amides is 1. The zero-order valence-corrected chi connectivity index (χ0v) is 14.5. The van der Waals surface area contributed by atoms with Crippen LogP contribution in [0.25, 0.3) is 0 Å². The van der Waals surface area contributed by atoms with Crippen LogP contribution in [0.4, 0.5) is 0 Å². The van der Waals surface area contributed by atoms with Crippen molar-refractivity contribution in [2.45, 2.75) is 62.7 Å². The maximum atomic E-state index is 11.9. The van der Waals surface area contributed by atoms with E-state index >= 15 is 0 Å². The highest BCUT2D eigenvalue weighted by Gasteiger charge is 2.43. The van der Waals surface area contributed by atoms with E-state index in [1.807, 2.05) is 12.4 Å². The third-order valence-corrected chi connectivity index (χ3v) is 6.97. The maximum absolute atomic E-state index is 11.9. The summed E-state index contributed by atoms with van der Waals surface area (Å²) in [4.78, 5) is 11.8. The summed E-state index contributed by atoms with van der Waals surface area (Å²) >= 11 is 0. The van der Waals surface area contributed by atoms with Gasteiger partial charge in [0.1, 0.15) is 0 Å². The summed E-state index contributed by atoms with van der Waals surface area (Å²) in [6.07, 6.45) is 10.9. The average Bonchev–Trinajstić information content (AvgIpc) is 3.00. The first kappa shape index (κ1) is 17.9. The molecule has 1 fully saturated rings. The van der Waals surface area contributed by atoms with Crippen molar-refractivity contribution in [1.82, 2.24) is 15.3 Å². The molecule has 1 atom stereocenters. The first-order chi connectivity index (χ1) is 10.8. The summed E-state index contributed by atoms with van der Waals surface area (Å²) in [6.45, 7) is 1.61. The molecule has 1 aromatic heterocycles. The van der Waals surface area contributed by atoms with Gasteiger partial charge in [-0.1, -0.05) is 19.3 Å². The summed E-state index contributed by atoms with van der Waals surface area (Å²) in [6, 6.07) is 0. The van der Waals surface area contributed by atoms with Gasteiger partial charge in [0.2, 0.25) is 0 Å². The second-order valence-corrected chi connectivity index (χ2v) is 9.01. The molecule has 0 radical (unpaired) electrons. The quantitative estimate of drug-likeness (QED) is 0.604. The Morgan fingerprint density at radius 3 is 2.65 bits per heavy atom. The number of carbonyl (C=O) groups excluding carboxylic acids is 1. The predicted molar refractivity (Wildman–Crippen MR) is 85.8 cm³/mol. The van der Waals surface area contributed by atoms with Gasteiger partial charge in [0.15, 0.2) is 14.6 Å². The van der Waals surface area contributed by atoms with Crippen molar-refractivity contribution in [3.05, 3.63) is 18.0 Å². The van der Waals surface area contributed by atoms with Crippen LogP contribution < -0.4 is 5.48 Å². The van der Waals surface area contributed by atoms with Crippen molar-refractivity contribution >= 4 is 15.7 Å². The Morgan fingerprint density at radius 2 is 2.09 bits per heavy atom. The van der Waals surface area contributed by atoms with Gasteiger partial charge in [0.05, 0.1) is 6.20 Å². The predicted octanol–water partition coefficient (Wildman–Crippen LogP) is 1.63. The molecule has 1 aliphatic carbocycles. The van der Waals surface area contributed by atoms with Crippen molar-refractivity contribution in [3.63, 3.8) is 0 Å². The van der Waals surface area contributed by atoms with Crippen LogP contribution in [0.2, 0.25) is 0 Å². The van der Waals surface area contributed by atoms with Gasteiger partial charge in [-0.25, -0.2) is 13.9 Å². The smallest absolute Gasteiger partial charge is 0.264 e. The molecule has 7 nitrogen and oxygen atoms in total. The Bertz CT molecular complexity index is 649. The van der Waals surface area contributed by atoms with Crippen LogP contribution in [0.15, 0.2) is 12.4 Å². The first-order valence-electron chi connectivity index (χ1n) is 7.94. The normalized spacial score (nSPS) is 19.3. The van der Waals surface area contributed by atoms with Crippen LogP contribution in [-0.2, 0) is 21.2 Å². The minimum Gasteiger partial charge on any atom is -0.289 e. The molecule has 0 bridgehead atoms. The molecule has 2 N–H and O–H groups in total. The molecule has 0 aromatic carbocycles. The van der Waals surface area contributed by atoms with E-state index in [1.165, 1.54) is 50.1 Å². The second kappa shape index (κ2) is 7.00. The number of carbonyl (C=O) groups is 1. The van der Waals surface area contributed by atoms with Gasteiger partial charge in [-0.3, -0.25) is 14.7 Å². The SMILES string of the molecule is CC(CCn1cc(C2CCCCC2)cn1)(C(=O)NO)S(C)(=O)=O. The first-order valence-corrected chi connectivity index (χ1v) is 9.83. The van der Waals surface area contributed by atoms with Crippen molar-refractivity contribution in [2.24, 2.45) is 0 Å². The van der Waals surface area contributed by atoms with Crippen molar-refractivity contribution < 1.29 is 18.4 Å². The van der Waals surface area contributed by atoms with Crippen molar-refractivity contribution in [2.75, 3.05) is 6.26 Å². The summed E-state index contributed by atoms with van der Waals surface area (Å²) in [5.41, 5.74) is 2.64. The number of nitrogens with one attached hydrogen (secondary N) is 1.